The maximum Gasteiger partial charge on any atom is 0.242 e. The summed E-state index contributed by atoms with van der Waals surface area (Å²) in [5.74, 6) is 1.78. The molecule has 0 saturated carbocycles. The quantitative estimate of drug-likeness (QED) is 0.604. The van der Waals surface area contributed by atoms with Crippen LogP contribution in [0.1, 0.15) is 11.1 Å². The van der Waals surface area contributed by atoms with Gasteiger partial charge in [0.1, 0.15) is 5.75 Å². The molecule has 1 saturated heterocycles. The normalized spacial score (nSPS) is 16.7. The first-order valence-corrected chi connectivity index (χ1v) is 10.9. The Morgan fingerprint density at radius 1 is 0.968 bits per heavy atom. The van der Waals surface area contributed by atoms with E-state index in [9.17, 15) is 4.79 Å². The van der Waals surface area contributed by atoms with Gasteiger partial charge in [0.15, 0.2) is 5.96 Å². The molecule has 0 aliphatic carbocycles. The minimum Gasteiger partial charge on any atom is -0.497 e. The summed E-state index contributed by atoms with van der Waals surface area (Å²) in [5, 5.41) is 3.28. The Bertz CT molecular complexity index is 920. The van der Waals surface area contributed by atoms with E-state index >= 15 is 0 Å². The summed E-state index contributed by atoms with van der Waals surface area (Å²) in [6.07, 6.45) is 0.921. The van der Waals surface area contributed by atoms with Crippen LogP contribution in [0.25, 0.3) is 0 Å². The minimum absolute atomic E-state index is 0.118. The molecule has 2 aliphatic heterocycles. The van der Waals surface area contributed by atoms with E-state index in [1.807, 2.05) is 23.1 Å². The van der Waals surface area contributed by atoms with Crippen molar-refractivity contribution in [1.29, 1.82) is 0 Å². The Morgan fingerprint density at radius 3 is 2.35 bits per heavy atom. The second-order valence-corrected chi connectivity index (χ2v) is 7.91. The molecule has 2 aromatic rings. The highest BCUT2D eigenvalue weighted by atomic mass is 16.5. The van der Waals surface area contributed by atoms with E-state index in [4.69, 9.17) is 4.74 Å². The van der Waals surface area contributed by atoms with Crippen LogP contribution in [0.15, 0.2) is 53.5 Å². The monoisotopic (exact) mass is 421 g/mol. The Morgan fingerprint density at radius 2 is 1.68 bits per heavy atom. The van der Waals surface area contributed by atoms with Gasteiger partial charge in [-0.05, 0) is 41.8 Å². The number of amides is 1. The molecule has 31 heavy (non-hydrogen) atoms. The molecular formula is C24H31N5O2. The number of carbonyl (C=O) groups is 1. The zero-order valence-corrected chi connectivity index (χ0v) is 18.4. The number of nitrogens with zero attached hydrogens (tertiary/aromatic N) is 4. The molecule has 0 aromatic heterocycles. The number of methoxy groups -OCH3 is 1. The molecule has 0 unspecified atom stereocenters. The average Bonchev–Trinajstić information content (AvgIpc) is 2.84. The fourth-order valence-corrected chi connectivity index (χ4v) is 4.28. The van der Waals surface area contributed by atoms with E-state index in [1.54, 1.807) is 14.2 Å². The number of benzene rings is 2. The van der Waals surface area contributed by atoms with Crippen molar-refractivity contribution >= 4 is 17.6 Å². The number of ether oxygens (including phenoxy) is 1. The van der Waals surface area contributed by atoms with Crippen molar-refractivity contribution in [3.05, 3.63) is 59.7 Å². The van der Waals surface area contributed by atoms with Gasteiger partial charge in [0, 0.05) is 52.0 Å². The molecule has 1 amide bonds. The van der Waals surface area contributed by atoms with Crippen LogP contribution in [0.5, 0.6) is 5.75 Å². The van der Waals surface area contributed by atoms with Gasteiger partial charge in [-0.25, -0.2) is 0 Å². The summed E-state index contributed by atoms with van der Waals surface area (Å²) in [4.78, 5) is 23.7. The molecule has 2 aliphatic rings. The van der Waals surface area contributed by atoms with Crippen molar-refractivity contribution in [2.75, 3.05) is 58.3 Å². The topological polar surface area (TPSA) is 60.4 Å². The fraction of sp³-hybridized carbons (Fsp3) is 0.417. The number of aliphatic imine (C=N–C) groups is 1. The van der Waals surface area contributed by atoms with Gasteiger partial charge in [0.2, 0.25) is 5.91 Å². The predicted octanol–water partition coefficient (Wildman–Crippen LogP) is 1.98. The van der Waals surface area contributed by atoms with Crippen molar-refractivity contribution in [1.82, 2.24) is 15.1 Å². The second kappa shape index (κ2) is 9.73. The maximum absolute atomic E-state index is 12.8. The van der Waals surface area contributed by atoms with Crippen molar-refractivity contribution in [2.24, 2.45) is 4.99 Å². The van der Waals surface area contributed by atoms with Gasteiger partial charge >= 0.3 is 0 Å². The van der Waals surface area contributed by atoms with Crippen LogP contribution >= 0.6 is 0 Å². The van der Waals surface area contributed by atoms with Crippen LogP contribution in [-0.2, 0) is 17.8 Å². The summed E-state index contributed by atoms with van der Waals surface area (Å²) in [6, 6.07) is 16.6. The van der Waals surface area contributed by atoms with Gasteiger partial charge in [-0.3, -0.25) is 9.79 Å². The predicted molar refractivity (Wildman–Crippen MR) is 124 cm³/mol. The van der Waals surface area contributed by atoms with E-state index in [-0.39, 0.29) is 12.5 Å². The minimum atomic E-state index is 0.118. The zero-order valence-electron chi connectivity index (χ0n) is 18.4. The smallest absolute Gasteiger partial charge is 0.242 e. The third-order valence-electron chi connectivity index (χ3n) is 6.11. The van der Waals surface area contributed by atoms with Gasteiger partial charge in [0.05, 0.1) is 13.7 Å². The van der Waals surface area contributed by atoms with E-state index in [0.29, 0.717) is 6.54 Å². The van der Waals surface area contributed by atoms with Crippen LogP contribution in [0.3, 0.4) is 0 Å². The van der Waals surface area contributed by atoms with Gasteiger partial charge in [-0.2, -0.15) is 0 Å². The number of guanidine groups is 1. The summed E-state index contributed by atoms with van der Waals surface area (Å²) >= 11 is 0. The lowest BCUT2D eigenvalue weighted by Crippen LogP contribution is -2.54. The molecule has 7 heteroatoms. The highest BCUT2D eigenvalue weighted by Gasteiger charge is 2.23. The van der Waals surface area contributed by atoms with E-state index in [2.05, 4.69) is 50.4 Å². The highest BCUT2D eigenvalue weighted by Crippen LogP contribution is 2.21. The van der Waals surface area contributed by atoms with Crippen molar-refractivity contribution in [3.8, 4) is 5.75 Å². The standard InChI is InChI=1S/C24H31N5O2/c1-25-24(26-17-23(30)29-12-11-19-5-3-4-6-20(19)18-29)28-15-13-27(14-16-28)21-7-9-22(31-2)10-8-21/h3-10H,11-18H2,1-2H3,(H,25,26). The third kappa shape index (κ3) is 4.93. The molecule has 2 heterocycles. The van der Waals surface area contributed by atoms with Crippen LogP contribution in [-0.4, -0.2) is 75.1 Å². The molecule has 0 spiro atoms. The van der Waals surface area contributed by atoms with Crippen molar-refractivity contribution < 1.29 is 9.53 Å². The zero-order chi connectivity index (χ0) is 21.6. The highest BCUT2D eigenvalue weighted by molar-refractivity contribution is 5.86. The van der Waals surface area contributed by atoms with Crippen LogP contribution < -0.4 is 15.0 Å². The molecule has 0 bridgehead atoms. The lowest BCUT2D eigenvalue weighted by molar-refractivity contribution is -0.130. The largest absolute Gasteiger partial charge is 0.497 e. The Balaban J connectivity index is 1.26. The van der Waals surface area contributed by atoms with E-state index in [0.717, 1.165) is 50.9 Å². The molecule has 2 aromatic carbocycles. The average molecular weight is 422 g/mol. The number of nitrogens with one attached hydrogen (secondary N) is 1. The summed E-state index contributed by atoms with van der Waals surface area (Å²) in [5.41, 5.74) is 3.80. The molecule has 0 atom stereocenters. The third-order valence-corrected chi connectivity index (χ3v) is 6.11. The lowest BCUT2D eigenvalue weighted by atomic mass is 10.00. The molecule has 7 nitrogen and oxygen atoms in total. The fourth-order valence-electron chi connectivity index (χ4n) is 4.28. The number of rotatable bonds is 4. The van der Waals surface area contributed by atoms with E-state index in [1.165, 1.54) is 16.8 Å². The Labute approximate surface area is 184 Å². The Kier molecular flexibility index (Phi) is 6.60. The van der Waals surface area contributed by atoms with Gasteiger partial charge in [-0.15, -0.1) is 0 Å². The molecule has 0 radical (unpaired) electrons. The van der Waals surface area contributed by atoms with E-state index < -0.39 is 0 Å². The number of carbonyl (C=O) groups excluding carboxylic acids is 1. The number of anilines is 1. The van der Waals surface area contributed by atoms with Crippen LogP contribution in [0.2, 0.25) is 0 Å². The first kappa shape index (κ1) is 21.0. The summed E-state index contributed by atoms with van der Waals surface area (Å²) in [7, 11) is 3.46. The Hall–Kier alpha value is -3.22. The first-order chi connectivity index (χ1) is 15.2. The van der Waals surface area contributed by atoms with Gasteiger partial charge < -0.3 is 24.8 Å². The first-order valence-electron chi connectivity index (χ1n) is 10.9. The molecule has 1 N–H and O–H groups in total. The van der Waals surface area contributed by atoms with Crippen LogP contribution in [0, 0.1) is 0 Å². The van der Waals surface area contributed by atoms with Gasteiger partial charge in [0.25, 0.3) is 0 Å². The number of piperazine rings is 1. The van der Waals surface area contributed by atoms with Crippen LogP contribution in [0.4, 0.5) is 5.69 Å². The lowest BCUT2D eigenvalue weighted by Gasteiger charge is -2.38. The van der Waals surface area contributed by atoms with Crippen molar-refractivity contribution in [2.45, 2.75) is 13.0 Å². The SMILES string of the molecule is CN=C(NCC(=O)N1CCc2ccccc2C1)N1CCN(c2ccc(OC)cc2)CC1. The number of hydrogen-bond acceptors (Lipinski definition) is 4. The molecule has 4 rings (SSSR count). The van der Waals surface area contributed by atoms with Crippen molar-refractivity contribution in [3.63, 3.8) is 0 Å². The second-order valence-electron chi connectivity index (χ2n) is 7.91. The maximum atomic E-state index is 12.8. The number of hydrogen-bond donors (Lipinski definition) is 1. The molecule has 1 fully saturated rings. The summed E-state index contributed by atoms with van der Waals surface area (Å²) in [6.45, 7) is 5.27. The van der Waals surface area contributed by atoms with Gasteiger partial charge in [-0.1, -0.05) is 24.3 Å². The number of fused-ring (bicyclic) bond motifs is 1. The molecular weight excluding hydrogens is 390 g/mol. The molecule has 164 valence electrons. The summed E-state index contributed by atoms with van der Waals surface area (Å²) < 4.78 is 5.25.